The fourth-order valence-electron chi connectivity index (χ4n) is 3.93. The second-order valence-corrected chi connectivity index (χ2v) is 7.11. The Morgan fingerprint density at radius 3 is 2.54 bits per heavy atom. The van der Waals surface area contributed by atoms with Crippen LogP contribution in [0.3, 0.4) is 0 Å². The predicted molar refractivity (Wildman–Crippen MR) is 78.9 cm³/mol. The molecule has 136 valence electrons. The van der Waals surface area contributed by atoms with Gasteiger partial charge in [-0.15, -0.1) is 0 Å². The fraction of sp³-hybridized carbons (Fsp3) is 0.875. The molecule has 2 heterocycles. The molecule has 0 aromatic rings. The summed E-state index contributed by atoms with van der Waals surface area (Å²) >= 11 is 0. The number of rotatable bonds is 4. The molecular formula is C16H23F3N2O3. The molecule has 2 amide bonds. The number of carbonyl (C=O) groups excluding carboxylic acids is 2. The standard InChI is InChI=1S/C16H23F3N2O3/c17-16(18,19)12-6-13(22)20-7-11(12)15(23)21-14(9-2-1-3-9)10-4-5-24-8-10/h9-12,14H,1-8H2,(H,20,22)(H,21,23). The zero-order valence-corrected chi connectivity index (χ0v) is 13.4. The van der Waals surface area contributed by atoms with E-state index in [9.17, 15) is 22.8 Å². The number of amides is 2. The number of hydrogen-bond donors (Lipinski definition) is 2. The summed E-state index contributed by atoms with van der Waals surface area (Å²) in [7, 11) is 0. The van der Waals surface area contributed by atoms with Crippen LogP contribution >= 0.6 is 0 Å². The maximum absolute atomic E-state index is 13.2. The average Bonchev–Trinajstić information content (AvgIpc) is 2.97. The minimum absolute atomic E-state index is 0.125. The van der Waals surface area contributed by atoms with Gasteiger partial charge in [-0.25, -0.2) is 0 Å². The Hall–Kier alpha value is -1.31. The summed E-state index contributed by atoms with van der Waals surface area (Å²) in [6, 6.07) is -0.125. The molecule has 8 heteroatoms. The Balaban J connectivity index is 1.69. The van der Waals surface area contributed by atoms with Gasteiger partial charge in [0.1, 0.15) is 0 Å². The van der Waals surface area contributed by atoms with E-state index in [1.54, 1.807) is 0 Å². The molecule has 3 fully saturated rings. The fourth-order valence-corrected chi connectivity index (χ4v) is 3.93. The number of carbonyl (C=O) groups is 2. The van der Waals surface area contributed by atoms with Gasteiger partial charge in [-0.2, -0.15) is 13.2 Å². The van der Waals surface area contributed by atoms with E-state index < -0.39 is 36.2 Å². The van der Waals surface area contributed by atoms with Crippen LogP contribution in [-0.4, -0.2) is 43.8 Å². The highest BCUT2D eigenvalue weighted by Gasteiger charge is 2.51. The SMILES string of the molecule is O=C1CC(C(F)(F)F)C(C(=O)NC(C2CCC2)C2CCOC2)CN1. The lowest BCUT2D eigenvalue weighted by Crippen LogP contribution is -2.56. The van der Waals surface area contributed by atoms with E-state index in [2.05, 4.69) is 10.6 Å². The molecule has 1 aliphatic carbocycles. The van der Waals surface area contributed by atoms with Crippen LogP contribution < -0.4 is 10.6 Å². The second-order valence-electron chi connectivity index (χ2n) is 7.11. The third-order valence-corrected chi connectivity index (χ3v) is 5.61. The number of alkyl halides is 3. The summed E-state index contributed by atoms with van der Waals surface area (Å²) < 4.78 is 45.0. The van der Waals surface area contributed by atoms with Crippen LogP contribution in [0.25, 0.3) is 0 Å². The second kappa shape index (κ2) is 6.90. The molecule has 2 saturated heterocycles. The third-order valence-electron chi connectivity index (χ3n) is 5.61. The highest BCUT2D eigenvalue weighted by molar-refractivity contribution is 5.84. The first kappa shape index (κ1) is 17.5. The molecule has 1 saturated carbocycles. The number of hydrogen-bond acceptors (Lipinski definition) is 3. The molecule has 0 aromatic carbocycles. The molecule has 4 unspecified atom stereocenters. The maximum Gasteiger partial charge on any atom is 0.393 e. The maximum atomic E-state index is 13.2. The van der Waals surface area contributed by atoms with Crippen molar-refractivity contribution < 1.29 is 27.5 Å². The van der Waals surface area contributed by atoms with E-state index >= 15 is 0 Å². The lowest BCUT2D eigenvalue weighted by molar-refractivity contribution is -0.198. The lowest BCUT2D eigenvalue weighted by atomic mass is 9.74. The average molecular weight is 348 g/mol. The quantitative estimate of drug-likeness (QED) is 0.811. The van der Waals surface area contributed by atoms with Crippen LogP contribution in [0.4, 0.5) is 13.2 Å². The van der Waals surface area contributed by atoms with Gasteiger partial charge in [0, 0.05) is 31.5 Å². The van der Waals surface area contributed by atoms with Crippen molar-refractivity contribution in [2.45, 2.75) is 44.3 Å². The van der Waals surface area contributed by atoms with Crippen LogP contribution in [-0.2, 0) is 14.3 Å². The van der Waals surface area contributed by atoms with Gasteiger partial charge in [0.25, 0.3) is 0 Å². The van der Waals surface area contributed by atoms with Crippen molar-refractivity contribution in [3.8, 4) is 0 Å². The molecule has 0 spiro atoms. The monoisotopic (exact) mass is 348 g/mol. The van der Waals surface area contributed by atoms with Crippen molar-refractivity contribution in [1.82, 2.24) is 10.6 Å². The van der Waals surface area contributed by atoms with Gasteiger partial charge in [0.05, 0.1) is 18.4 Å². The Kier molecular flexibility index (Phi) is 5.03. The number of nitrogens with one attached hydrogen (secondary N) is 2. The summed E-state index contributed by atoms with van der Waals surface area (Å²) in [6.45, 7) is 0.924. The third kappa shape index (κ3) is 3.68. The minimum atomic E-state index is -4.55. The molecule has 5 nitrogen and oxygen atoms in total. The summed E-state index contributed by atoms with van der Waals surface area (Å²) in [6.07, 6.45) is -1.33. The van der Waals surface area contributed by atoms with Crippen LogP contribution in [0.5, 0.6) is 0 Å². The minimum Gasteiger partial charge on any atom is -0.381 e. The molecule has 2 aliphatic heterocycles. The molecule has 0 radical (unpaired) electrons. The Labute approximate surface area is 138 Å². The van der Waals surface area contributed by atoms with Crippen molar-refractivity contribution in [2.75, 3.05) is 19.8 Å². The molecule has 0 aromatic heterocycles. The molecule has 4 atom stereocenters. The number of ether oxygens (including phenoxy) is 1. The molecular weight excluding hydrogens is 325 g/mol. The highest BCUT2D eigenvalue weighted by atomic mass is 19.4. The molecule has 24 heavy (non-hydrogen) atoms. The van der Waals surface area contributed by atoms with Gasteiger partial charge in [-0.05, 0) is 25.2 Å². The zero-order chi connectivity index (χ0) is 17.3. The van der Waals surface area contributed by atoms with Crippen molar-refractivity contribution in [3.05, 3.63) is 0 Å². The van der Waals surface area contributed by atoms with Crippen LogP contribution in [0, 0.1) is 23.7 Å². The number of halogens is 3. The van der Waals surface area contributed by atoms with E-state index in [0.717, 1.165) is 25.7 Å². The van der Waals surface area contributed by atoms with E-state index in [-0.39, 0.29) is 18.5 Å². The van der Waals surface area contributed by atoms with Crippen molar-refractivity contribution in [3.63, 3.8) is 0 Å². The topological polar surface area (TPSA) is 67.4 Å². The van der Waals surface area contributed by atoms with E-state index in [4.69, 9.17) is 4.74 Å². The summed E-state index contributed by atoms with van der Waals surface area (Å²) in [5, 5.41) is 5.27. The van der Waals surface area contributed by atoms with Crippen molar-refractivity contribution in [1.29, 1.82) is 0 Å². The number of piperidine rings is 1. The van der Waals surface area contributed by atoms with Gasteiger partial charge in [-0.1, -0.05) is 6.42 Å². The van der Waals surface area contributed by atoms with E-state index in [1.165, 1.54) is 0 Å². The molecule has 3 rings (SSSR count). The van der Waals surface area contributed by atoms with E-state index in [1.807, 2.05) is 0 Å². The molecule has 3 aliphatic rings. The smallest absolute Gasteiger partial charge is 0.381 e. The largest absolute Gasteiger partial charge is 0.393 e. The molecule has 2 N–H and O–H groups in total. The zero-order valence-electron chi connectivity index (χ0n) is 13.4. The first-order valence-corrected chi connectivity index (χ1v) is 8.58. The van der Waals surface area contributed by atoms with Gasteiger partial charge >= 0.3 is 6.18 Å². The summed E-state index contributed by atoms with van der Waals surface area (Å²) in [4.78, 5) is 23.9. The van der Waals surface area contributed by atoms with Crippen LogP contribution in [0.1, 0.15) is 32.1 Å². The van der Waals surface area contributed by atoms with Gasteiger partial charge in [0.15, 0.2) is 0 Å². The predicted octanol–water partition coefficient (Wildman–Crippen LogP) is 1.62. The summed E-state index contributed by atoms with van der Waals surface area (Å²) in [5.74, 6) is -3.92. The van der Waals surface area contributed by atoms with Crippen molar-refractivity contribution in [2.24, 2.45) is 23.7 Å². The summed E-state index contributed by atoms with van der Waals surface area (Å²) in [5.41, 5.74) is 0. The van der Waals surface area contributed by atoms with Gasteiger partial charge in [-0.3, -0.25) is 9.59 Å². The first-order chi connectivity index (χ1) is 11.4. The van der Waals surface area contributed by atoms with Gasteiger partial charge in [0.2, 0.25) is 11.8 Å². The molecule has 0 bridgehead atoms. The van der Waals surface area contributed by atoms with Crippen LogP contribution in [0.15, 0.2) is 0 Å². The Morgan fingerprint density at radius 1 is 1.25 bits per heavy atom. The normalized spacial score (nSPS) is 32.8. The van der Waals surface area contributed by atoms with E-state index in [0.29, 0.717) is 19.1 Å². The van der Waals surface area contributed by atoms with Crippen molar-refractivity contribution >= 4 is 11.8 Å². The van der Waals surface area contributed by atoms with Gasteiger partial charge < -0.3 is 15.4 Å². The highest BCUT2D eigenvalue weighted by Crippen LogP contribution is 2.38. The Morgan fingerprint density at radius 2 is 2.00 bits per heavy atom. The first-order valence-electron chi connectivity index (χ1n) is 8.58. The van der Waals surface area contributed by atoms with Crippen LogP contribution in [0.2, 0.25) is 0 Å². The Bertz CT molecular complexity index is 487. The lowest BCUT2D eigenvalue weighted by Gasteiger charge is -2.39.